The van der Waals surface area contributed by atoms with Gasteiger partial charge in [0.1, 0.15) is 5.82 Å². The minimum Gasteiger partial charge on any atom is -0.370 e. The van der Waals surface area contributed by atoms with E-state index >= 15 is 0 Å². The second kappa shape index (κ2) is 6.54. The van der Waals surface area contributed by atoms with Crippen LogP contribution < -0.4 is 10.2 Å². The van der Waals surface area contributed by atoms with Gasteiger partial charge in [-0.05, 0) is 31.7 Å². The first-order valence-electron chi connectivity index (χ1n) is 7.22. The Morgan fingerprint density at radius 3 is 2.75 bits per heavy atom. The number of nitrogens with one attached hydrogen (secondary N) is 1. The van der Waals surface area contributed by atoms with Crippen molar-refractivity contribution in [3.05, 3.63) is 22.2 Å². The first kappa shape index (κ1) is 14.6. The monoisotopic (exact) mass is 278 g/mol. The second-order valence-electron chi connectivity index (χ2n) is 5.36. The van der Waals surface area contributed by atoms with Gasteiger partial charge in [0, 0.05) is 26.2 Å². The summed E-state index contributed by atoms with van der Waals surface area (Å²) in [6.45, 7) is 3.56. The average molecular weight is 278 g/mol. The summed E-state index contributed by atoms with van der Waals surface area (Å²) in [5, 5.41) is 14.3. The van der Waals surface area contributed by atoms with Crippen LogP contribution in [0.25, 0.3) is 0 Å². The van der Waals surface area contributed by atoms with E-state index < -0.39 is 0 Å². The summed E-state index contributed by atoms with van der Waals surface area (Å²) in [5.41, 5.74) is 0.0761. The van der Waals surface area contributed by atoms with Gasteiger partial charge in [-0.3, -0.25) is 10.1 Å². The van der Waals surface area contributed by atoms with Crippen LogP contribution in [0.5, 0.6) is 0 Å². The second-order valence-corrected chi connectivity index (χ2v) is 5.36. The van der Waals surface area contributed by atoms with Gasteiger partial charge in [-0.25, -0.2) is 4.98 Å². The fourth-order valence-corrected chi connectivity index (χ4v) is 2.81. The molecule has 0 unspecified atom stereocenters. The molecule has 1 N–H and O–H groups in total. The molecule has 0 amide bonds. The van der Waals surface area contributed by atoms with E-state index in [9.17, 15) is 10.1 Å². The number of nitro groups is 1. The summed E-state index contributed by atoms with van der Waals surface area (Å²) >= 11 is 0. The number of anilines is 2. The average Bonchev–Trinajstić information content (AvgIpc) is 2.91. The van der Waals surface area contributed by atoms with Gasteiger partial charge in [-0.2, -0.15) is 0 Å². The van der Waals surface area contributed by atoms with Crippen LogP contribution in [0.3, 0.4) is 0 Å². The van der Waals surface area contributed by atoms with E-state index in [2.05, 4.69) is 10.3 Å². The Labute approximate surface area is 119 Å². The molecule has 1 aliphatic carbocycles. The lowest BCUT2D eigenvalue weighted by molar-refractivity contribution is -0.384. The smallest absolute Gasteiger partial charge is 0.311 e. The summed E-state index contributed by atoms with van der Waals surface area (Å²) in [7, 11) is 1.89. The highest BCUT2D eigenvalue weighted by molar-refractivity contribution is 5.61. The Bertz CT molecular complexity index is 472. The van der Waals surface area contributed by atoms with Crippen molar-refractivity contribution in [1.82, 2.24) is 4.98 Å². The third kappa shape index (κ3) is 3.37. The molecule has 0 saturated heterocycles. The van der Waals surface area contributed by atoms with E-state index in [1.54, 1.807) is 6.07 Å². The minimum absolute atomic E-state index is 0.0761. The summed E-state index contributed by atoms with van der Waals surface area (Å²) < 4.78 is 0. The molecule has 1 aromatic rings. The molecule has 1 aromatic heterocycles. The molecule has 2 rings (SSSR count). The Kier molecular flexibility index (Phi) is 4.76. The van der Waals surface area contributed by atoms with Gasteiger partial charge in [-0.1, -0.05) is 12.8 Å². The van der Waals surface area contributed by atoms with Crippen LogP contribution in [-0.4, -0.2) is 30.0 Å². The Morgan fingerprint density at radius 2 is 2.15 bits per heavy atom. The molecule has 0 aliphatic heterocycles. The quantitative estimate of drug-likeness (QED) is 0.639. The standard InChI is InChI=1S/C14H22N4O2/c1-3-15-13-9-8-12(18(19)20)14(16-13)17(2)10-11-6-4-5-7-11/h8-9,11H,3-7,10H2,1-2H3,(H,15,16). The van der Waals surface area contributed by atoms with Crippen molar-refractivity contribution < 1.29 is 4.92 Å². The Balaban J connectivity index is 2.20. The largest absolute Gasteiger partial charge is 0.370 e. The number of hydrogen-bond acceptors (Lipinski definition) is 5. The van der Waals surface area contributed by atoms with Gasteiger partial charge in [0.05, 0.1) is 4.92 Å². The van der Waals surface area contributed by atoms with Gasteiger partial charge < -0.3 is 10.2 Å². The molecule has 6 heteroatoms. The topological polar surface area (TPSA) is 71.3 Å². The van der Waals surface area contributed by atoms with Gasteiger partial charge in [0.15, 0.2) is 0 Å². The zero-order valence-corrected chi connectivity index (χ0v) is 12.1. The number of pyridine rings is 1. The highest BCUT2D eigenvalue weighted by atomic mass is 16.6. The van der Waals surface area contributed by atoms with Crippen molar-refractivity contribution in [3.63, 3.8) is 0 Å². The van der Waals surface area contributed by atoms with Crippen LogP contribution in [-0.2, 0) is 0 Å². The van der Waals surface area contributed by atoms with E-state index in [4.69, 9.17) is 0 Å². The lowest BCUT2D eigenvalue weighted by Gasteiger charge is -2.22. The Morgan fingerprint density at radius 1 is 1.45 bits per heavy atom. The molecule has 0 spiro atoms. The maximum atomic E-state index is 11.2. The first-order chi connectivity index (χ1) is 9.61. The van der Waals surface area contributed by atoms with E-state index in [-0.39, 0.29) is 10.6 Å². The van der Waals surface area contributed by atoms with E-state index in [0.717, 1.165) is 13.1 Å². The summed E-state index contributed by atoms with van der Waals surface area (Å²) in [6.07, 6.45) is 4.97. The highest BCUT2D eigenvalue weighted by Gasteiger charge is 2.23. The minimum atomic E-state index is -0.358. The molecule has 1 fully saturated rings. The van der Waals surface area contributed by atoms with Crippen LogP contribution in [0.4, 0.5) is 17.3 Å². The first-order valence-corrected chi connectivity index (χ1v) is 7.22. The van der Waals surface area contributed by atoms with E-state index in [1.807, 2.05) is 18.9 Å². The van der Waals surface area contributed by atoms with Crippen molar-refractivity contribution >= 4 is 17.3 Å². The zero-order chi connectivity index (χ0) is 14.5. The molecule has 110 valence electrons. The van der Waals surface area contributed by atoms with Gasteiger partial charge in [-0.15, -0.1) is 0 Å². The van der Waals surface area contributed by atoms with Gasteiger partial charge in [0.25, 0.3) is 0 Å². The fraction of sp³-hybridized carbons (Fsp3) is 0.643. The lowest BCUT2D eigenvalue weighted by Crippen LogP contribution is -2.26. The molecule has 0 bridgehead atoms. The molecular weight excluding hydrogens is 256 g/mol. The highest BCUT2D eigenvalue weighted by Crippen LogP contribution is 2.30. The van der Waals surface area contributed by atoms with Crippen molar-refractivity contribution in [2.45, 2.75) is 32.6 Å². The number of nitrogens with zero attached hydrogens (tertiary/aromatic N) is 3. The molecule has 0 aromatic carbocycles. The third-order valence-electron chi connectivity index (χ3n) is 3.78. The molecule has 0 atom stereocenters. The zero-order valence-electron chi connectivity index (χ0n) is 12.1. The molecule has 0 radical (unpaired) electrons. The number of aromatic nitrogens is 1. The molecule has 1 heterocycles. The van der Waals surface area contributed by atoms with Gasteiger partial charge in [0.2, 0.25) is 5.82 Å². The van der Waals surface area contributed by atoms with Crippen molar-refractivity contribution in [3.8, 4) is 0 Å². The van der Waals surface area contributed by atoms with Crippen LogP contribution in [0.2, 0.25) is 0 Å². The summed E-state index contributed by atoms with van der Waals surface area (Å²) in [4.78, 5) is 17.1. The number of hydrogen-bond donors (Lipinski definition) is 1. The molecule has 20 heavy (non-hydrogen) atoms. The summed E-state index contributed by atoms with van der Waals surface area (Å²) in [5.74, 6) is 1.77. The normalized spacial score (nSPS) is 15.3. The summed E-state index contributed by atoms with van der Waals surface area (Å²) in [6, 6.07) is 3.19. The maximum absolute atomic E-state index is 11.2. The van der Waals surface area contributed by atoms with Crippen LogP contribution in [0.15, 0.2) is 12.1 Å². The molecular formula is C14H22N4O2. The maximum Gasteiger partial charge on any atom is 0.311 e. The van der Waals surface area contributed by atoms with Crippen LogP contribution in [0, 0.1) is 16.0 Å². The van der Waals surface area contributed by atoms with E-state index in [0.29, 0.717) is 17.6 Å². The molecule has 1 aliphatic rings. The van der Waals surface area contributed by atoms with E-state index in [1.165, 1.54) is 31.7 Å². The third-order valence-corrected chi connectivity index (χ3v) is 3.78. The van der Waals surface area contributed by atoms with Crippen molar-refractivity contribution in [2.24, 2.45) is 5.92 Å². The molecule has 6 nitrogen and oxygen atoms in total. The number of rotatable bonds is 6. The van der Waals surface area contributed by atoms with Crippen molar-refractivity contribution in [2.75, 3.05) is 30.4 Å². The molecule has 1 saturated carbocycles. The predicted octanol–water partition coefficient (Wildman–Crippen LogP) is 3.05. The van der Waals surface area contributed by atoms with Crippen LogP contribution in [0.1, 0.15) is 32.6 Å². The van der Waals surface area contributed by atoms with Crippen LogP contribution >= 0.6 is 0 Å². The SMILES string of the molecule is CCNc1ccc([N+](=O)[O-])c(N(C)CC2CCCC2)n1. The fourth-order valence-electron chi connectivity index (χ4n) is 2.81. The predicted molar refractivity (Wildman–Crippen MR) is 80.3 cm³/mol. The van der Waals surface area contributed by atoms with Crippen molar-refractivity contribution in [1.29, 1.82) is 0 Å². The lowest BCUT2D eigenvalue weighted by atomic mass is 10.1. The Hall–Kier alpha value is -1.85. The van der Waals surface area contributed by atoms with Gasteiger partial charge >= 0.3 is 5.69 Å².